The number of hydrogen-bond donors (Lipinski definition) is 4. The highest BCUT2D eigenvalue weighted by Crippen LogP contribution is 2.13. The van der Waals surface area contributed by atoms with Crippen LogP contribution >= 0.6 is 0 Å². The Hall–Kier alpha value is -1.17. The zero-order chi connectivity index (χ0) is 28.1. The maximum atomic E-state index is 12.3. The SMILES string of the molecule is CCCCCCCCCC=CCCC=CC(O)C(CO)NC(=O)C(O)CCCCCCCCCCCCC. The Morgan fingerprint density at radius 3 is 1.61 bits per heavy atom. The average molecular weight is 538 g/mol. The van der Waals surface area contributed by atoms with E-state index in [1.165, 1.54) is 96.3 Å². The first kappa shape index (κ1) is 36.8. The Labute approximate surface area is 235 Å². The molecule has 0 bridgehead atoms. The van der Waals surface area contributed by atoms with Crippen molar-refractivity contribution in [1.82, 2.24) is 5.32 Å². The third-order valence-electron chi connectivity index (χ3n) is 7.29. The molecule has 0 aliphatic rings. The third-order valence-corrected chi connectivity index (χ3v) is 7.29. The summed E-state index contributed by atoms with van der Waals surface area (Å²) in [6, 6.07) is -0.807. The Balaban J connectivity index is 3.87. The van der Waals surface area contributed by atoms with Gasteiger partial charge >= 0.3 is 0 Å². The van der Waals surface area contributed by atoms with E-state index in [-0.39, 0.29) is 6.61 Å². The molecule has 5 heteroatoms. The topological polar surface area (TPSA) is 89.8 Å². The molecule has 0 rings (SSSR count). The van der Waals surface area contributed by atoms with Gasteiger partial charge in [0.25, 0.3) is 0 Å². The maximum Gasteiger partial charge on any atom is 0.249 e. The van der Waals surface area contributed by atoms with Gasteiger partial charge in [0.2, 0.25) is 5.91 Å². The quantitative estimate of drug-likeness (QED) is 0.0603. The molecule has 0 heterocycles. The molecule has 0 aromatic rings. The highest BCUT2D eigenvalue weighted by molar-refractivity contribution is 5.80. The highest BCUT2D eigenvalue weighted by atomic mass is 16.3. The zero-order valence-corrected chi connectivity index (χ0v) is 25.1. The molecule has 0 aliphatic heterocycles. The van der Waals surface area contributed by atoms with Crippen LogP contribution in [-0.2, 0) is 4.79 Å². The fourth-order valence-electron chi connectivity index (χ4n) is 4.67. The molecular weight excluding hydrogens is 474 g/mol. The van der Waals surface area contributed by atoms with Gasteiger partial charge in [-0.05, 0) is 32.1 Å². The van der Waals surface area contributed by atoms with Gasteiger partial charge in [0.15, 0.2) is 0 Å². The minimum Gasteiger partial charge on any atom is -0.394 e. The minimum absolute atomic E-state index is 0.374. The molecule has 0 radical (unpaired) electrons. The molecular formula is C33H63NO4. The molecule has 1 amide bonds. The van der Waals surface area contributed by atoms with Gasteiger partial charge in [-0.2, -0.15) is 0 Å². The number of aliphatic hydroxyl groups is 3. The van der Waals surface area contributed by atoms with Crippen LogP contribution in [0.4, 0.5) is 0 Å². The largest absolute Gasteiger partial charge is 0.394 e. The molecule has 0 saturated heterocycles. The van der Waals surface area contributed by atoms with Crippen molar-refractivity contribution in [3.8, 4) is 0 Å². The molecule has 3 unspecified atom stereocenters. The summed E-state index contributed by atoms with van der Waals surface area (Å²) >= 11 is 0. The maximum absolute atomic E-state index is 12.3. The molecule has 3 atom stereocenters. The summed E-state index contributed by atoms with van der Waals surface area (Å²) in [5, 5.41) is 32.7. The fourth-order valence-corrected chi connectivity index (χ4v) is 4.67. The Morgan fingerprint density at radius 2 is 1.08 bits per heavy atom. The number of nitrogens with one attached hydrogen (secondary N) is 1. The molecule has 224 valence electrons. The van der Waals surface area contributed by atoms with Crippen molar-refractivity contribution in [1.29, 1.82) is 0 Å². The zero-order valence-electron chi connectivity index (χ0n) is 25.1. The van der Waals surface area contributed by atoms with E-state index in [0.717, 1.165) is 38.5 Å². The number of hydrogen-bond acceptors (Lipinski definition) is 4. The number of aliphatic hydroxyl groups excluding tert-OH is 3. The van der Waals surface area contributed by atoms with Crippen LogP contribution in [0.2, 0.25) is 0 Å². The summed E-state index contributed by atoms with van der Waals surface area (Å²) in [5.74, 6) is -0.517. The van der Waals surface area contributed by atoms with Crippen molar-refractivity contribution in [2.45, 2.75) is 173 Å². The lowest BCUT2D eigenvalue weighted by atomic mass is 10.0. The van der Waals surface area contributed by atoms with E-state index in [4.69, 9.17) is 0 Å². The smallest absolute Gasteiger partial charge is 0.249 e. The van der Waals surface area contributed by atoms with Crippen LogP contribution in [-0.4, -0.2) is 46.1 Å². The second-order valence-corrected chi connectivity index (χ2v) is 11.0. The van der Waals surface area contributed by atoms with Crippen LogP contribution in [0.1, 0.15) is 155 Å². The highest BCUT2D eigenvalue weighted by Gasteiger charge is 2.22. The normalized spacial score (nSPS) is 14.3. The van der Waals surface area contributed by atoms with E-state index in [1.54, 1.807) is 6.08 Å². The number of unbranched alkanes of at least 4 members (excludes halogenated alkanes) is 18. The predicted octanol–water partition coefficient (Wildman–Crippen LogP) is 7.92. The first-order valence-electron chi connectivity index (χ1n) is 16.2. The van der Waals surface area contributed by atoms with Gasteiger partial charge in [-0.15, -0.1) is 0 Å². The van der Waals surface area contributed by atoms with Crippen LogP contribution in [0.5, 0.6) is 0 Å². The van der Waals surface area contributed by atoms with Crippen molar-refractivity contribution in [2.75, 3.05) is 6.61 Å². The van der Waals surface area contributed by atoms with Crippen LogP contribution in [0.3, 0.4) is 0 Å². The Kier molecular flexibility index (Phi) is 27.9. The second kappa shape index (κ2) is 28.8. The summed E-state index contributed by atoms with van der Waals surface area (Å²) in [6.45, 7) is 4.11. The number of rotatable bonds is 28. The first-order chi connectivity index (χ1) is 18.6. The minimum atomic E-state index is -1.10. The van der Waals surface area contributed by atoms with Gasteiger partial charge in [-0.25, -0.2) is 0 Å². The Bertz CT molecular complexity index is 563. The number of carbonyl (C=O) groups is 1. The standard InChI is InChI=1S/C33H63NO4/c1-3-5-7-9-11-13-15-16-18-19-21-23-25-27-31(36)30(29-35)34-33(38)32(37)28-26-24-22-20-17-14-12-10-8-6-4-2/h18-19,25,27,30-32,35-37H,3-17,20-24,26,28-29H2,1-2H3,(H,34,38). The molecule has 4 N–H and O–H groups in total. The Morgan fingerprint density at radius 1 is 0.632 bits per heavy atom. The lowest BCUT2D eigenvalue weighted by Crippen LogP contribution is -2.48. The van der Waals surface area contributed by atoms with Gasteiger partial charge in [-0.1, -0.05) is 147 Å². The summed E-state index contributed by atoms with van der Waals surface area (Å²) < 4.78 is 0. The molecule has 0 spiro atoms. The molecule has 0 aromatic carbocycles. The summed E-state index contributed by atoms with van der Waals surface area (Å²) in [7, 11) is 0. The summed E-state index contributed by atoms with van der Waals surface area (Å²) in [6.07, 6.45) is 31.9. The predicted molar refractivity (Wildman–Crippen MR) is 162 cm³/mol. The van der Waals surface area contributed by atoms with Gasteiger partial charge in [0.1, 0.15) is 6.10 Å². The van der Waals surface area contributed by atoms with E-state index in [0.29, 0.717) is 6.42 Å². The molecule has 0 aromatic heterocycles. The number of allylic oxidation sites excluding steroid dienone is 3. The van der Waals surface area contributed by atoms with E-state index < -0.39 is 24.2 Å². The monoisotopic (exact) mass is 537 g/mol. The lowest BCUT2D eigenvalue weighted by molar-refractivity contribution is -0.131. The first-order valence-corrected chi connectivity index (χ1v) is 16.2. The van der Waals surface area contributed by atoms with Gasteiger partial charge in [-0.3, -0.25) is 4.79 Å². The van der Waals surface area contributed by atoms with Crippen molar-refractivity contribution in [3.63, 3.8) is 0 Å². The van der Waals surface area contributed by atoms with Gasteiger partial charge < -0.3 is 20.6 Å². The third kappa shape index (κ3) is 23.9. The van der Waals surface area contributed by atoms with E-state index in [2.05, 4.69) is 31.3 Å². The molecule has 0 aliphatic carbocycles. The summed E-state index contributed by atoms with van der Waals surface area (Å²) in [4.78, 5) is 12.3. The molecule has 5 nitrogen and oxygen atoms in total. The molecule has 38 heavy (non-hydrogen) atoms. The van der Waals surface area contributed by atoms with Crippen molar-refractivity contribution >= 4 is 5.91 Å². The van der Waals surface area contributed by atoms with E-state index in [9.17, 15) is 20.1 Å². The molecule has 0 saturated carbocycles. The number of carbonyl (C=O) groups excluding carboxylic acids is 1. The van der Waals surface area contributed by atoms with Crippen molar-refractivity contribution in [3.05, 3.63) is 24.3 Å². The summed E-state index contributed by atoms with van der Waals surface area (Å²) in [5.41, 5.74) is 0. The van der Waals surface area contributed by atoms with Crippen LogP contribution in [0.25, 0.3) is 0 Å². The van der Waals surface area contributed by atoms with Crippen molar-refractivity contribution in [2.24, 2.45) is 0 Å². The van der Waals surface area contributed by atoms with Crippen LogP contribution in [0, 0.1) is 0 Å². The van der Waals surface area contributed by atoms with Gasteiger partial charge in [0.05, 0.1) is 18.8 Å². The van der Waals surface area contributed by atoms with E-state index >= 15 is 0 Å². The van der Waals surface area contributed by atoms with Crippen LogP contribution < -0.4 is 5.32 Å². The molecule has 0 fully saturated rings. The van der Waals surface area contributed by atoms with E-state index in [1.807, 2.05) is 6.08 Å². The lowest BCUT2D eigenvalue weighted by Gasteiger charge is -2.21. The number of amides is 1. The fraction of sp³-hybridized carbons (Fsp3) is 0.848. The van der Waals surface area contributed by atoms with Crippen molar-refractivity contribution < 1.29 is 20.1 Å². The van der Waals surface area contributed by atoms with Crippen LogP contribution in [0.15, 0.2) is 24.3 Å². The average Bonchev–Trinajstić information content (AvgIpc) is 2.92. The second-order valence-electron chi connectivity index (χ2n) is 11.0. The van der Waals surface area contributed by atoms with Gasteiger partial charge in [0, 0.05) is 0 Å².